The number of imide groups is 1. The molecule has 3 rings (SSSR count). The van der Waals surface area contributed by atoms with E-state index in [2.05, 4.69) is 10.3 Å². The largest absolute Gasteiger partial charge is 0.472 e. The molecule has 2 aliphatic heterocycles. The van der Waals surface area contributed by atoms with Crippen LogP contribution in [-0.2, 0) is 6.18 Å². The van der Waals surface area contributed by atoms with E-state index >= 15 is 0 Å². The molecule has 4 amide bonds. The second-order valence-corrected chi connectivity index (χ2v) is 5.52. The topological polar surface area (TPSA) is 74.8 Å². The summed E-state index contributed by atoms with van der Waals surface area (Å²) in [7, 11) is 0. The molecule has 0 saturated carbocycles. The number of hydrogen-bond acceptors (Lipinski definition) is 4. The van der Waals surface area contributed by atoms with E-state index in [1.165, 1.54) is 4.90 Å². The lowest BCUT2D eigenvalue weighted by Gasteiger charge is -2.21. The lowest BCUT2D eigenvalue weighted by atomic mass is 10.2. The fraction of sp³-hybridized carbons (Fsp3) is 0.500. The van der Waals surface area contributed by atoms with Gasteiger partial charge in [0.2, 0.25) is 5.88 Å². The molecule has 0 radical (unpaired) electrons. The number of nitrogens with zero attached hydrogens (tertiary/aromatic N) is 3. The highest BCUT2D eigenvalue weighted by atomic mass is 19.4. The number of amides is 4. The first kappa shape index (κ1) is 16.3. The minimum Gasteiger partial charge on any atom is -0.472 e. The number of carbonyl (C=O) groups excluding carboxylic acids is 2. The Hall–Kier alpha value is -2.52. The molecule has 1 aromatic heterocycles. The van der Waals surface area contributed by atoms with Gasteiger partial charge in [0.15, 0.2) is 0 Å². The lowest BCUT2D eigenvalue weighted by Crippen LogP contribution is -2.44. The zero-order valence-electron chi connectivity index (χ0n) is 12.5. The molecule has 0 bridgehead atoms. The van der Waals surface area contributed by atoms with Crippen LogP contribution in [0, 0.1) is 0 Å². The highest BCUT2D eigenvalue weighted by Crippen LogP contribution is 2.31. The van der Waals surface area contributed by atoms with Crippen molar-refractivity contribution < 1.29 is 27.5 Å². The molecule has 2 saturated heterocycles. The van der Waals surface area contributed by atoms with Crippen molar-refractivity contribution in [3.8, 4) is 5.88 Å². The Morgan fingerprint density at radius 3 is 2.83 bits per heavy atom. The van der Waals surface area contributed by atoms with E-state index in [4.69, 9.17) is 4.74 Å². The van der Waals surface area contributed by atoms with Crippen molar-refractivity contribution >= 4 is 12.1 Å². The van der Waals surface area contributed by atoms with Gasteiger partial charge in [0.25, 0.3) is 0 Å². The summed E-state index contributed by atoms with van der Waals surface area (Å²) in [5, 5.41) is 2.54. The second-order valence-electron chi connectivity index (χ2n) is 5.52. The summed E-state index contributed by atoms with van der Waals surface area (Å²) in [5.41, 5.74) is -0.841. The molecule has 1 unspecified atom stereocenters. The van der Waals surface area contributed by atoms with Gasteiger partial charge in [-0.2, -0.15) is 13.2 Å². The number of likely N-dealkylation sites (tertiary alicyclic amines) is 1. The minimum absolute atomic E-state index is 0.136. The number of urea groups is 2. The third kappa shape index (κ3) is 3.36. The molecular formula is C14H15F3N4O3. The number of alkyl halides is 3. The fourth-order valence-corrected chi connectivity index (χ4v) is 2.64. The van der Waals surface area contributed by atoms with E-state index in [-0.39, 0.29) is 12.4 Å². The van der Waals surface area contributed by atoms with Crippen molar-refractivity contribution in [1.29, 1.82) is 0 Å². The molecule has 3 heterocycles. The Balaban J connectivity index is 1.60. The van der Waals surface area contributed by atoms with Crippen LogP contribution in [0.25, 0.3) is 0 Å². The SMILES string of the molecule is O=C1NCCN1C(=O)N1CCC(Oc2cc(C(F)(F)F)ccn2)C1. The monoisotopic (exact) mass is 344 g/mol. The molecule has 0 aliphatic carbocycles. The van der Waals surface area contributed by atoms with Crippen molar-refractivity contribution in [3.63, 3.8) is 0 Å². The Bertz CT molecular complexity index is 652. The Labute approximate surface area is 135 Å². The number of pyridine rings is 1. The summed E-state index contributed by atoms with van der Waals surface area (Å²) >= 11 is 0. The van der Waals surface area contributed by atoms with Crippen molar-refractivity contribution in [2.75, 3.05) is 26.2 Å². The Morgan fingerprint density at radius 1 is 1.38 bits per heavy atom. The first-order chi connectivity index (χ1) is 11.3. The van der Waals surface area contributed by atoms with Crippen molar-refractivity contribution in [2.24, 2.45) is 0 Å². The number of aromatic nitrogens is 1. The van der Waals surface area contributed by atoms with Crippen LogP contribution in [0.2, 0.25) is 0 Å². The van der Waals surface area contributed by atoms with Gasteiger partial charge in [-0.15, -0.1) is 0 Å². The average molecular weight is 344 g/mol. The van der Waals surface area contributed by atoms with E-state index in [1.807, 2.05) is 0 Å². The molecule has 1 atom stereocenters. The molecule has 1 N–H and O–H groups in total. The van der Waals surface area contributed by atoms with Crippen LogP contribution in [0.5, 0.6) is 5.88 Å². The van der Waals surface area contributed by atoms with Crippen LogP contribution in [0.15, 0.2) is 18.3 Å². The van der Waals surface area contributed by atoms with Gasteiger partial charge in [-0.05, 0) is 6.07 Å². The molecule has 10 heteroatoms. The maximum atomic E-state index is 12.7. The third-order valence-corrected chi connectivity index (χ3v) is 3.85. The molecule has 1 aromatic rings. The smallest absolute Gasteiger partial charge is 0.416 e. The first-order valence-electron chi connectivity index (χ1n) is 7.39. The number of halogens is 3. The minimum atomic E-state index is -4.47. The first-order valence-corrected chi connectivity index (χ1v) is 7.39. The molecular weight excluding hydrogens is 329 g/mol. The lowest BCUT2D eigenvalue weighted by molar-refractivity contribution is -0.137. The van der Waals surface area contributed by atoms with E-state index in [9.17, 15) is 22.8 Å². The molecule has 2 fully saturated rings. The maximum absolute atomic E-state index is 12.7. The van der Waals surface area contributed by atoms with Gasteiger partial charge in [-0.3, -0.25) is 0 Å². The van der Waals surface area contributed by atoms with E-state index in [0.717, 1.165) is 23.2 Å². The Morgan fingerprint density at radius 2 is 2.17 bits per heavy atom. The van der Waals surface area contributed by atoms with Gasteiger partial charge < -0.3 is 15.0 Å². The molecule has 130 valence electrons. The maximum Gasteiger partial charge on any atom is 0.416 e. The predicted molar refractivity (Wildman–Crippen MR) is 75.3 cm³/mol. The molecule has 2 aliphatic rings. The quantitative estimate of drug-likeness (QED) is 0.886. The number of nitrogens with one attached hydrogen (secondary N) is 1. The van der Waals surface area contributed by atoms with Crippen LogP contribution >= 0.6 is 0 Å². The van der Waals surface area contributed by atoms with Gasteiger partial charge >= 0.3 is 18.2 Å². The fourth-order valence-electron chi connectivity index (χ4n) is 2.64. The highest BCUT2D eigenvalue weighted by molar-refractivity contribution is 5.95. The summed E-state index contributed by atoms with van der Waals surface area (Å²) in [4.78, 5) is 30.0. The third-order valence-electron chi connectivity index (χ3n) is 3.85. The summed E-state index contributed by atoms with van der Waals surface area (Å²) in [6.45, 7) is 1.27. The van der Waals surface area contributed by atoms with Crippen LogP contribution in [0.3, 0.4) is 0 Å². The zero-order valence-corrected chi connectivity index (χ0v) is 12.5. The second kappa shape index (κ2) is 6.17. The van der Waals surface area contributed by atoms with Crippen LogP contribution in [-0.4, -0.2) is 59.1 Å². The number of rotatable bonds is 2. The summed E-state index contributed by atoms with van der Waals surface area (Å²) in [5.74, 6) is -0.136. The van der Waals surface area contributed by atoms with Crippen molar-refractivity contribution in [2.45, 2.75) is 18.7 Å². The Kier molecular flexibility index (Phi) is 4.20. The van der Waals surface area contributed by atoms with Gasteiger partial charge in [-0.25, -0.2) is 19.5 Å². The van der Waals surface area contributed by atoms with E-state index in [0.29, 0.717) is 26.1 Å². The van der Waals surface area contributed by atoms with Gasteiger partial charge in [0, 0.05) is 38.3 Å². The number of carbonyl (C=O) groups is 2. The van der Waals surface area contributed by atoms with E-state index in [1.54, 1.807) is 0 Å². The number of ether oxygens (including phenoxy) is 1. The number of hydrogen-bond donors (Lipinski definition) is 1. The molecule has 0 aromatic carbocycles. The zero-order chi connectivity index (χ0) is 17.3. The predicted octanol–water partition coefficient (Wildman–Crippen LogP) is 1.70. The standard InChI is InChI=1S/C14H15F3N4O3/c15-14(16,17)9-1-3-18-11(7-9)24-10-2-5-20(8-10)13(23)21-6-4-19-12(21)22/h1,3,7,10H,2,4-6,8H2,(H,19,22). The summed E-state index contributed by atoms with van der Waals surface area (Å²) in [6.07, 6.45) is -3.44. The van der Waals surface area contributed by atoms with Crippen molar-refractivity contribution in [1.82, 2.24) is 20.1 Å². The van der Waals surface area contributed by atoms with Gasteiger partial charge in [0.05, 0.1) is 12.1 Å². The highest BCUT2D eigenvalue weighted by Gasteiger charge is 2.35. The van der Waals surface area contributed by atoms with E-state index < -0.39 is 29.9 Å². The summed E-state index contributed by atoms with van der Waals surface area (Å²) in [6, 6.07) is 0.832. The normalized spacial score (nSPS) is 21.1. The summed E-state index contributed by atoms with van der Waals surface area (Å²) < 4.78 is 43.5. The molecule has 0 spiro atoms. The van der Waals surface area contributed by atoms with Crippen molar-refractivity contribution in [3.05, 3.63) is 23.9 Å². The van der Waals surface area contributed by atoms with Crippen LogP contribution in [0.4, 0.5) is 22.8 Å². The van der Waals surface area contributed by atoms with Gasteiger partial charge in [0.1, 0.15) is 6.10 Å². The molecule has 7 nitrogen and oxygen atoms in total. The molecule has 24 heavy (non-hydrogen) atoms. The average Bonchev–Trinajstić information content (AvgIpc) is 3.15. The van der Waals surface area contributed by atoms with Crippen LogP contribution in [0.1, 0.15) is 12.0 Å². The van der Waals surface area contributed by atoms with Gasteiger partial charge in [-0.1, -0.05) is 0 Å². The van der Waals surface area contributed by atoms with Crippen LogP contribution < -0.4 is 10.1 Å².